The second-order valence-electron chi connectivity index (χ2n) is 7.12. The zero-order chi connectivity index (χ0) is 20.5. The number of para-hydroxylation sites is 1. The number of rotatable bonds is 4. The molecule has 0 saturated carbocycles. The van der Waals surface area contributed by atoms with E-state index >= 15 is 0 Å². The number of hydrazone groups is 1. The van der Waals surface area contributed by atoms with Gasteiger partial charge in [0, 0.05) is 26.9 Å². The fourth-order valence-corrected chi connectivity index (χ4v) is 4.42. The molecule has 2 heterocycles. The van der Waals surface area contributed by atoms with Gasteiger partial charge in [0.1, 0.15) is 12.1 Å². The van der Waals surface area contributed by atoms with Crippen molar-refractivity contribution in [1.29, 1.82) is 0 Å². The molecule has 148 valence electrons. The highest BCUT2D eigenvalue weighted by atomic mass is 79.9. The molecule has 2 atom stereocenters. The van der Waals surface area contributed by atoms with Gasteiger partial charge in [0.05, 0.1) is 17.7 Å². The van der Waals surface area contributed by atoms with E-state index in [2.05, 4.69) is 107 Å². The van der Waals surface area contributed by atoms with Gasteiger partial charge in [-0.1, -0.05) is 74.3 Å². The summed E-state index contributed by atoms with van der Waals surface area (Å²) in [6.45, 7) is 0. The first-order valence-electron chi connectivity index (χ1n) is 9.62. The van der Waals surface area contributed by atoms with Crippen LogP contribution in [0.2, 0.25) is 0 Å². The molecule has 5 rings (SSSR count). The molecule has 0 amide bonds. The molecule has 1 aliphatic heterocycles. The molecule has 4 aromatic rings. The van der Waals surface area contributed by atoms with E-state index in [4.69, 9.17) is 5.10 Å². The molecule has 0 bridgehead atoms. The Morgan fingerprint density at radius 2 is 1.40 bits per heavy atom. The van der Waals surface area contributed by atoms with E-state index in [1.807, 2.05) is 36.9 Å². The first kappa shape index (κ1) is 19.3. The molecule has 0 radical (unpaired) electrons. The second kappa shape index (κ2) is 8.20. The van der Waals surface area contributed by atoms with E-state index in [1.54, 1.807) is 0 Å². The van der Waals surface area contributed by atoms with Gasteiger partial charge >= 0.3 is 0 Å². The van der Waals surface area contributed by atoms with E-state index in [0.717, 1.165) is 25.9 Å². The standard InChI is InChI=1S/C24H18Br2N4/c25-19-10-6-17(7-11-19)22-24(29-15-14-27-16-29)23(18-8-12-20(26)13-9-18)30(28-22)21-4-2-1-3-5-21/h1-16,23-24H/t23-,24+/m1/s1. The fraction of sp³-hybridized carbons (Fsp3) is 0.0833. The number of hydrogen-bond acceptors (Lipinski definition) is 3. The first-order valence-corrected chi connectivity index (χ1v) is 11.2. The Morgan fingerprint density at radius 1 is 0.733 bits per heavy atom. The van der Waals surface area contributed by atoms with E-state index in [9.17, 15) is 0 Å². The third-order valence-electron chi connectivity index (χ3n) is 5.28. The van der Waals surface area contributed by atoms with Crippen molar-refractivity contribution >= 4 is 43.3 Å². The molecule has 0 saturated heterocycles. The summed E-state index contributed by atoms with van der Waals surface area (Å²) in [4.78, 5) is 4.32. The van der Waals surface area contributed by atoms with Gasteiger partial charge in [0.2, 0.25) is 0 Å². The van der Waals surface area contributed by atoms with Crippen LogP contribution in [0.1, 0.15) is 23.2 Å². The Morgan fingerprint density at radius 3 is 2.03 bits per heavy atom. The van der Waals surface area contributed by atoms with Crippen LogP contribution in [-0.2, 0) is 0 Å². The van der Waals surface area contributed by atoms with Gasteiger partial charge < -0.3 is 4.57 Å². The van der Waals surface area contributed by atoms with Crippen molar-refractivity contribution in [1.82, 2.24) is 9.55 Å². The maximum Gasteiger partial charge on any atom is 0.106 e. The smallest absolute Gasteiger partial charge is 0.106 e. The molecule has 0 N–H and O–H groups in total. The summed E-state index contributed by atoms with van der Waals surface area (Å²) in [6, 6.07) is 27.1. The molecule has 0 aliphatic carbocycles. The van der Waals surface area contributed by atoms with Crippen molar-refractivity contribution in [2.24, 2.45) is 5.10 Å². The Balaban J connectivity index is 1.70. The summed E-state index contributed by atoms with van der Waals surface area (Å²) in [5, 5.41) is 7.28. The number of hydrogen-bond donors (Lipinski definition) is 0. The van der Waals surface area contributed by atoms with Crippen LogP contribution in [0.25, 0.3) is 0 Å². The highest BCUT2D eigenvalue weighted by Gasteiger charge is 2.40. The number of aromatic nitrogens is 2. The minimum absolute atomic E-state index is 0.00616. The third-order valence-corrected chi connectivity index (χ3v) is 6.33. The zero-order valence-corrected chi connectivity index (χ0v) is 19.1. The maximum atomic E-state index is 5.15. The van der Waals surface area contributed by atoms with E-state index in [-0.39, 0.29) is 12.1 Å². The number of halogens is 2. The highest BCUT2D eigenvalue weighted by molar-refractivity contribution is 9.10. The lowest BCUT2D eigenvalue weighted by atomic mass is 9.92. The summed E-state index contributed by atoms with van der Waals surface area (Å²) in [6.07, 6.45) is 5.71. The van der Waals surface area contributed by atoms with Crippen molar-refractivity contribution in [3.05, 3.63) is 118 Å². The average Bonchev–Trinajstić information content (AvgIpc) is 3.43. The molecule has 30 heavy (non-hydrogen) atoms. The van der Waals surface area contributed by atoms with Gasteiger partial charge in [-0.25, -0.2) is 4.98 Å². The number of nitrogens with zero attached hydrogens (tertiary/aromatic N) is 4. The van der Waals surface area contributed by atoms with E-state index < -0.39 is 0 Å². The normalized spacial score (nSPS) is 18.5. The minimum atomic E-state index is -0.0185. The van der Waals surface area contributed by atoms with Crippen LogP contribution in [0.15, 0.2) is 112 Å². The summed E-state index contributed by atoms with van der Waals surface area (Å²) < 4.78 is 4.26. The Kier molecular flexibility index (Phi) is 5.27. The predicted molar refractivity (Wildman–Crippen MR) is 128 cm³/mol. The molecule has 3 aromatic carbocycles. The zero-order valence-electron chi connectivity index (χ0n) is 15.9. The topological polar surface area (TPSA) is 33.4 Å². The highest BCUT2D eigenvalue weighted by Crippen LogP contribution is 2.43. The molecular weight excluding hydrogens is 504 g/mol. The Hall–Kier alpha value is -2.70. The quantitative estimate of drug-likeness (QED) is 0.302. The van der Waals surface area contributed by atoms with E-state index in [0.29, 0.717) is 0 Å². The van der Waals surface area contributed by atoms with Crippen LogP contribution < -0.4 is 5.01 Å². The molecule has 1 aliphatic rings. The van der Waals surface area contributed by atoms with E-state index in [1.165, 1.54) is 5.56 Å². The van der Waals surface area contributed by atoms with Crippen molar-refractivity contribution in [2.75, 3.05) is 5.01 Å². The fourth-order valence-electron chi connectivity index (χ4n) is 3.89. The van der Waals surface area contributed by atoms with Crippen molar-refractivity contribution < 1.29 is 0 Å². The van der Waals surface area contributed by atoms with Gasteiger partial charge in [0.15, 0.2) is 0 Å². The predicted octanol–water partition coefficient (Wildman–Crippen LogP) is 6.62. The van der Waals surface area contributed by atoms with Gasteiger partial charge in [-0.15, -0.1) is 0 Å². The van der Waals surface area contributed by atoms with Crippen LogP contribution in [0.3, 0.4) is 0 Å². The minimum Gasteiger partial charge on any atom is -0.326 e. The van der Waals surface area contributed by atoms with Crippen molar-refractivity contribution in [3.8, 4) is 0 Å². The van der Waals surface area contributed by atoms with Gasteiger partial charge in [-0.3, -0.25) is 5.01 Å². The molecule has 0 spiro atoms. The lowest BCUT2D eigenvalue weighted by Gasteiger charge is -2.29. The summed E-state index contributed by atoms with van der Waals surface area (Å²) >= 11 is 7.10. The molecule has 4 nitrogen and oxygen atoms in total. The summed E-state index contributed by atoms with van der Waals surface area (Å²) in [7, 11) is 0. The Bertz CT molecular complexity index is 1150. The number of benzene rings is 3. The van der Waals surface area contributed by atoms with Crippen LogP contribution in [0.5, 0.6) is 0 Å². The molecule has 0 fully saturated rings. The van der Waals surface area contributed by atoms with Crippen LogP contribution in [0, 0.1) is 0 Å². The first-order chi connectivity index (χ1) is 14.7. The monoisotopic (exact) mass is 520 g/mol. The summed E-state index contributed by atoms with van der Waals surface area (Å²) in [5.41, 5.74) is 4.36. The number of imidazole rings is 1. The van der Waals surface area contributed by atoms with Crippen LogP contribution in [0.4, 0.5) is 5.69 Å². The molecule has 6 heteroatoms. The van der Waals surface area contributed by atoms with Gasteiger partial charge in [-0.05, 0) is 42.0 Å². The second-order valence-corrected chi connectivity index (χ2v) is 8.95. The average molecular weight is 522 g/mol. The lowest BCUT2D eigenvalue weighted by Crippen LogP contribution is -2.27. The molecule has 1 aromatic heterocycles. The maximum absolute atomic E-state index is 5.15. The third kappa shape index (κ3) is 3.61. The van der Waals surface area contributed by atoms with Crippen LogP contribution >= 0.6 is 31.9 Å². The van der Waals surface area contributed by atoms with Crippen molar-refractivity contribution in [3.63, 3.8) is 0 Å². The molecular formula is C24H18Br2N4. The van der Waals surface area contributed by atoms with Gasteiger partial charge in [-0.2, -0.15) is 5.10 Å². The SMILES string of the molecule is Brc1ccc(C2=NN(c3ccccc3)[C@H](c3ccc(Br)cc3)[C@H]2n2ccnc2)cc1. The lowest BCUT2D eigenvalue weighted by molar-refractivity contribution is 0.527. The molecule has 0 unspecified atom stereocenters. The van der Waals surface area contributed by atoms with Crippen molar-refractivity contribution in [2.45, 2.75) is 12.1 Å². The summed E-state index contributed by atoms with van der Waals surface area (Å²) in [5.74, 6) is 0. The number of anilines is 1. The van der Waals surface area contributed by atoms with Gasteiger partial charge in [0.25, 0.3) is 0 Å². The van der Waals surface area contributed by atoms with Crippen LogP contribution in [-0.4, -0.2) is 15.3 Å². The Labute approximate surface area is 192 Å². The largest absolute Gasteiger partial charge is 0.326 e.